The number of carboxylic acids is 1. The maximum absolute atomic E-state index is 13.5. The highest BCUT2D eigenvalue weighted by atomic mass is 19.4. The van der Waals surface area contributed by atoms with Gasteiger partial charge in [0.05, 0.1) is 35.3 Å². The number of carbonyl (C=O) groups excluding carboxylic acids is 2. The van der Waals surface area contributed by atoms with Gasteiger partial charge in [0.2, 0.25) is 11.6 Å². The van der Waals surface area contributed by atoms with Crippen LogP contribution in [0.2, 0.25) is 0 Å². The van der Waals surface area contributed by atoms with E-state index in [4.69, 9.17) is 9.15 Å². The number of aromatic carboxylic acids is 1. The number of furan rings is 1. The van der Waals surface area contributed by atoms with E-state index in [1.807, 2.05) is 0 Å². The molecule has 0 aliphatic heterocycles. The summed E-state index contributed by atoms with van der Waals surface area (Å²) in [6.45, 7) is 1.55. The van der Waals surface area contributed by atoms with Gasteiger partial charge in [0, 0.05) is 36.4 Å². The van der Waals surface area contributed by atoms with E-state index in [0.29, 0.717) is 11.1 Å². The molecule has 1 N–H and O–H groups in total. The lowest BCUT2D eigenvalue weighted by atomic mass is 9.93. The summed E-state index contributed by atoms with van der Waals surface area (Å²) < 4.78 is 63.9. The fourth-order valence-electron chi connectivity index (χ4n) is 4.23. The van der Waals surface area contributed by atoms with Crippen LogP contribution in [0.4, 0.5) is 17.6 Å². The van der Waals surface area contributed by atoms with Crippen molar-refractivity contribution in [1.82, 2.24) is 15.3 Å². The molecule has 0 bridgehead atoms. The SMILES string of the molecule is CNC(=O)c1c(-c2ccc(F)cc2)oc2nc(CCC(F)(F)F)c(-c3cnc(OC)c(C(=O)[O-])c3)c(C)c12. The van der Waals surface area contributed by atoms with Crippen LogP contribution in [0.5, 0.6) is 5.88 Å². The summed E-state index contributed by atoms with van der Waals surface area (Å²) in [6.07, 6.45) is -5.06. The lowest BCUT2D eigenvalue weighted by Crippen LogP contribution is -2.23. The maximum Gasteiger partial charge on any atom is 0.389 e. The number of aryl methyl sites for hydroxylation is 2. The van der Waals surface area contributed by atoms with Crippen molar-refractivity contribution in [2.45, 2.75) is 25.9 Å². The zero-order valence-electron chi connectivity index (χ0n) is 20.3. The average Bonchev–Trinajstić information content (AvgIpc) is 3.26. The van der Waals surface area contributed by atoms with Crippen LogP contribution >= 0.6 is 0 Å². The predicted octanol–water partition coefficient (Wildman–Crippen LogP) is 4.23. The Hall–Kier alpha value is -4.48. The van der Waals surface area contributed by atoms with Crippen molar-refractivity contribution in [2.24, 2.45) is 0 Å². The Labute approximate surface area is 213 Å². The first-order valence-electron chi connectivity index (χ1n) is 11.2. The van der Waals surface area contributed by atoms with Gasteiger partial charge in [-0.15, -0.1) is 0 Å². The van der Waals surface area contributed by atoms with Gasteiger partial charge in [-0.25, -0.2) is 14.4 Å². The highest BCUT2D eigenvalue weighted by molar-refractivity contribution is 6.12. The number of alkyl halides is 3. The van der Waals surface area contributed by atoms with E-state index in [2.05, 4.69) is 15.3 Å². The molecule has 198 valence electrons. The first-order chi connectivity index (χ1) is 17.9. The fraction of sp³-hybridized carbons (Fsp3) is 0.231. The zero-order chi connectivity index (χ0) is 27.8. The van der Waals surface area contributed by atoms with E-state index in [1.54, 1.807) is 6.92 Å². The molecule has 0 aliphatic rings. The van der Waals surface area contributed by atoms with Crippen molar-refractivity contribution < 1.29 is 41.4 Å². The van der Waals surface area contributed by atoms with Gasteiger partial charge in [-0.05, 0) is 49.2 Å². The highest BCUT2D eigenvalue weighted by Crippen LogP contribution is 2.40. The lowest BCUT2D eigenvalue weighted by molar-refractivity contribution is -0.255. The topological polar surface area (TPSA) is 117 Å². The number of carbonyl (C=O) groups is 2. The lowest BCUT2D eigenvalue weighted by Gasteiger charge is -2.16. The molecule has 1 aromatic carbocycles. The molecule has 0 saturated carbocycles. The molecule has 12 heteroatoms. The molecule has 3 aromatic heterocycles. The highest BCUT2D eigenvalue weighted by Gasteiger charge is 2.31. The van der Waals surface area contributed by atoms with Crippen LogP contribution in [-0.2, 0) is 6.42 Å². The van der Waals surface area contributed by atoms with Crippen LogP contribution < -0.4 is 15.2 Å². The van der Waals surface area contributed by atoms with Gasteiger partial charge in [0.1, 0.15) is 11.6 Å². The van der Waals surface area contributed by atoms with Gasteiger partial charge in [-0.1, -0.05) is 0 Å². The van der Waals surface area contributed by atoms with Gasteiger partial charge in [-0.2, -0.15) is 13.2 Å². The largest absolute Gasteiger partial charge is 0.545 e. The molecule has 0 atom stereocenters. The third kappa shape index (κ3) is 5.01. The Bertz CT molecular complexity index is 1550. The number of halogens is 4. The second-order valence-electron chi connectivity index (χ2n) is 8.31. The van der Waals surface area contributed by atoms with Gasteiger partial charge in [-0.3, -0.25) is 4.79 Å². The van der Waals surface area contributed by atoms with Crippen molar-refractivity contribution in [1.29, 1.82) is 0 Å². The van der Waals surface area contributed by atoms with E-state index < -0.39 is 42.3 Å². The summed E-state index contributed by atoms with van der Waals surface area (Å²) >= 11 is 0. The van der Waals surface area contributed by atoms with Crippen molar-refractivity contribution >= 4 is 23.0 Å². The minimum Gasteiger partial charge on any atom is -0.545 e. The number of ether oxygens (including phenoxy) is 1. The summed E-state index contributed by atoms with van der Waals surface area (Å²) in [6, 6.07) is 6.27. The van der Waals surface area contributed by atoms with E-state index in [0.717, 1.165) is 6.07 Å². The number of methoxy groups -OCH3 is 1. The Morgan fingerprint density at radius 1 is 1.16 bits per heavy atom. The first-order valence-corrected chi connectivity index (χ1v) is 11.2. The van der Waals surface area contributed by atoms with Gasteiger partial charge < -0.3 is 24.4 Å². The second-order valence-corrected chi connectivity index (χ2v) is 8.31. The number of hydrogen-bond donors (Lipinski definition) is 1. The summed E-state index contributed by atoms with van der Waals surface area (Å²) in [4.78, 5) is 33.0. The normalized spacial score (nSPS) is 11.6. The first kappa shape index (κ1) is 26.6. The molecule has 0 saturated heterocycles. The molecule has 1 amide bonds. The number of aromatic nitrogens is 2. The number of hydrogen-bond acceptors (Lipinski definition) is 7. The summed E-state index contributed by atoms with van der Waals surface area (Å²) in [5.41, 5.74) is 0.374. The molecule has 0 unspecified atom stereocenters. The average molecular weight is 530 g/mol. The Kier molecular flexibility index (Phi) is 7.07. The summed E-state index contributed by atoms with van der Waals surface area (Å²) in [5.74, 6) is -2.91. The summed E-state index contributed by atoms with van der Waals surface area (Å²) in [7, 11) is 2.59. The molecule has 0 fully saturated rings. The van der Waals surface area contributed by atoms with Gasteiger partial charge in [0.25, 0.3) is 5.91 Å². The number of rotatable bonds is 7. The minimum atomic E-state index is -4.51. The second kappa shape index (κ2) is 10.1. The molecular formula is C26H20F4N3O5-. The molecule has 0 spiro atoms. The minimum absolute atomic E-state index is 0.0318. The fourth-order valence-corrected chi connectivity index (χ4v) is 4.23. The number of carboxylic acid groups (broad SMARTS) is 1. The van der Waals surface area contributed by atoms with Crippen LogP contribution in [-0.4, -0.2) is 42.2 Å². The Morgan fingerprint density at radius 3 is 2.42 bits per heavy atom. The van der Waals surface area contributed by atoms with Gasteiger partial charge >= 0.3 is 6.18 Å². The number of pyridine rings is 2. The van der Waals surface area contributed by atoms with E-state index >= 15 is 0 Å². The van der Waals surface area contributed by atoms with Crippen LogP contribution in [0.25, 0.3) is 33.6 Å². The molecular weight excluding hydrogens is 510 g/mol. The van der Waals surface area contributed by atoms with Crippen molar-refractivity contribution in [3.63, 3.8) is 0 Å². The molecule has 8 nitrogen and oxygen atoms in total. The third-order valence-electron chi connectivity index (χ3n) is 5.92. The van der Waals surface area contributed by atoms with Crippen molar-refractivity contribution in [3.05, 3.63) is 64.7 Å². The Balaban J connectivity index is 2.07. The molecule has 4 aromatic rings. The molecule has 0 aliphatic carbocycles. The predicted molar refractivity (Wildman–Crippen MR) is 126 cm³/mol. The quantitative estimate of drug-likeness (QED) is 0.356. The standard InChI is InChI=1S/C26H21F4N3O5/c1-12-18(14-10-16(25(35)36)23(37-3)32-11-14)17(8-9-26(28,29)30)33-24-19(12)20(22(34)31-2)21(38-24)13-4-6-15(27)7-5-13/h4-7,10-11H,8-9H2,1-3H3,(H,31,34)(H,35,36)/p-1. The third-order valence-corrected chi connectivity index (χ3v) is 5.92. The number of nitrogens with one attached hydrogen (secondary N) is 1. The number of benzene rings is 1. The van der Waals surface area contributed by atoms with Crippen LogP contribution in [0.15, 0.2) is 40.9 Å². The van der Waals surface area contributed by atoms with Crippen LogP contribution in [0.3, 0.4) is 0 Å². The molecule has 3 heterocycles. The molecule has 4 rings (SSSR count). The van der Waals surface area contributed by atoms with Gasteiger partial charge in [0.15, 0.2) is 0 Å². The monoisotopic (exact) mass is 530 g/mol. The van der Waals surface area contributed by atoms with E-state index in [1.165, 1.54) is 44.6 Å². The smallest absolute Gasteiger partial charge is 0.389 e. The zero-order valence-corrected chi connectivity index (χ0v) is 20.3. The van der Waals surface area contributed by atoms with Crippen LogP contribution in [0, 0.1) is 12.7 Å². The Morgan fingerprint density at radius 2 is 1.84 bits per heavy atom. The van der Waals surface area contributed by atoms with Crippen molar-refractivity contribution in [2.75, 3.05) is 14.2 Å². The van der Waals surface area contributed by atoms with E-state index in [9.17, 15) is 32.3 Å². The summed E-state index contributed by atoms with van der Waals surface area (Å²) in [5, 5.41) is 14.4. The number of amides is 1. The molecule has 0 radical (unpaired) electrons. The maximum atomic E-state index is 13.5. The number of fused-ring (bicyclic) bond motifs is 1. The molecule has 38 heavy (non-hydrogen) atoms. The van der Waals surface area contributed by atoms with Crippen molar-refractivity contribution in [3.8, 4) is 28.3 Å². The number of nitrogens with zero attached hydrogens (tertiary/aromatic N) is 2. The van der Waals surface area contributed by atoms with Crippen LogP contribution in [0.1, 0.15) is 38.4 Å². The van der Waals surface area contributed by atoms with E-state index in [-0.39, 0.29) is 45.1 Å².